The van der Waals surface area contributed by atoms with Gasteiger partial charge >= 0.3 is 0 Å². The van der Waals surface area contributed by atoms with Gasteiger partial charge in [-0.05, 0) is 60.8 Å². The number of nitrogens with one attached hydrogen (secondary N) is 1. The van der Waals surface area contributed by atoms with E-state index < -0.39 is 0 Å². The van der Waals surface area contributed by atoms with Gasteiger partial charge in [0.25, 0.3) is 0 Å². The molecule has 0 aliphatic carbocycles. The Balaban J connectivity index is 1.80. The highest BCUT2D eigenvalue weighted by atomic mass is 32.1. The Bertz CT molecular complexity index is 478. The molecular formula is C15H22N2S. The monoisotopic (exact) mass is 262 g/mol. The van der Waals surface area contributed by atoms with Crippen molar-refractivity contribution in [2.45, 2.75) is 19.8 Å². The van der Waals surface area contributed by atoms with Gasteiger partial charge in [-0.3, -0.25) is 0 Å². The lowest BCUT2D eigenvalue weighted by Crippen LogP contribution is -2.24. The van der Waals surface area contributed by atoms with Crippen LogP contribution in [0.3, 0.4) is 0 Å². The van der Waals surface area contributed by atoms with Gasteiger partial charge in [0, 0.05) is 4.70 Å². The Morgan fingerprint density at radius 2 is 2.17 bits per heavy atom. The minimum atomic E-state index is 0.675. The van der Waals surface area contributed by atoms with Gasteiger partial charge in [0.1, 0.15) is 0 Å². The molecule has 0 spiro atoms. The molecule has 0 aliphatic rings. The van der Waals surface area contributed by atoms with E-state index in [9.17, 15) is 0 Å². The van der Waals surface area contributed by atoms with E-state index in [2.05, 4.69) is 41.9 Å². The quantitative estimate of drug-likeness (QED) is 0.753. The molecule has 0 aliphatic heterocycles. The summed E-state index contributed by atoms with van der Waals surface area (Å²) >= 11 is 1.84. The molecule has 98 valence electrons. The summed E-state index contributed by atoms with van der Waals surface area (Å²) in [6.07, 6.45) is 2.22. The molecule has 1 atom stereocenters. The lowest BCUT2D eigenvalue weighted by molar-refractivity contribution is 0.489. The molecule has 1 unspecified atom stereocenters. The highest BCUT2D eigenvalue weighted by Crippen LogP contribution is 2.25. The van der Waals surface area contributed by atoms with Crippen LogP contribution in [0.4, 0.5) is 0 Å². The van der Waals surface area contributed by atoms with Crippen molar-refractivity contribution in [1.82, 2.24) is 5.32 Å². The van der Waals surface area contributed by atoms with Crippen LogP contribution in [0.5, 0.6) is 0 Å². The van der Waals surface area contributed by atoms with E-state index in [0.29, 0.717) is 5.92 Å². The van der Waals surface area contributed by atoms with Gasteiger partial charge in [-0.1, -0.05) is 25.1 Å². The van der Waals surface area contributed by atoms with Crippen LogP contribution < -0.4 is 11.1 Å². The van der Waals surface area contributed by atoms with Crippen LogP contribution in [0.15, 0.2) is 29.6 Å². The molecule has 18 heavy (non-hydrogen) atoms. The number of thiophene rings is 1. The second kappa shape index (κ2) is 6.88. The normalized spacial score (nSPS) is 13.0. The standard InChI is InChI=1S/C15H22N2S/c1-12(6-8-16)10-17-9-7-13-11-18-15-5-3-2-4-14(13)15/h2-5,11-12,17H,6-10,16H2,1H3. The van der Waals surface area contributed by atoms with Gasteiger partial charge < -0.3 is 11.1 Å². The zero-order valence-corrected chi connectivity index (χ0v) is 11.8. The average molecular weight is 262 g/mol. The van der Waals surface area contributed by atoms with Gasteiger partial charge in [-0.2, -0.15) is 0 Å². The second-order valence-corrected chi connectivity index (χ2v) is 5.80. The Morgan fingerprint density at radius 1 is 1.33 bits per heavy atom. The summed E-state index contributed by atoms with van der Waals surface area (Å²) < 4.78 is 1.39. The van der Waals surface area contributed by atoms with Crippen molar-refractivity contribution < 1.29 is 0 Å². The van der Waals surface area contributed by atoms with E-state index in [-0.39, 0.29) is 0 Å². The molecule has 1 heterocycles. The van der Waals surface area contributed by atoms with Crippen molar-refractivity contribution in [1.29, 1.82) is 0 Å². The number of rotatable bonds is 7. The first-order chi connectivity index (χ1) is 8.81. The summed E-state index contributed by atoms with van der Waals surface area (Å²) in [5.41, 5.74) is 7.01. The molecule has 3 N–H and O–H groups in total. The number of benzene rings is 1. The topological polar surface area (TPSA) is 38.0 Å². The first-order valence-corrected chi connectivity index (χ1v) is 7.55. The fraction of sp³-hybridized carbons (Fsp3) is 0.467. The van der Waals surface area contributed by atoms with Crippen LogP contribution >= 0.6 is 11.3 Å². The fourth-order valence-electron chi connectivity index (χ4n) is 2.18. The van der Waals surface area contributed by atoms with E-state index in [1.807, 2.05) is 11.3 Å². The summed E-state index contributed by atoms with van der Waals surface area (Å²) in [4.78, 5) is 0. The second-order valence-electron chi connectivity index (χ2n) is 4.89. The van der Waals surface area contributed by atoms with Gasteiger partial charge in [0.2, 0.25) is 0 Å². The Hall–Kier alpha value is -0.900. The van der Waals surface area contributed by atoms with Crippen LogP contribution in [-0.2, 0) is 6.42 Å². The maximum Gasteiger partial charge on any atom is 0.0345 e. The number of hydrogen-bond acceptors (Lipinski definition) is 3. The minimum absolute atomic E-state index is 0.675. The molecule has 0 amide bonds. The summed E-state index contributed by atoms with van der Waals surface area (Å²) in [5, 5.41) is 7.23. The van der Waals surface area contributed by atoms with Crippen LogP contribution in [-0.4, -0.2) is 19.6 Å². The van der Waals surface area contributed by atoms with Crippen molar-refractivity contribution in [2.24, 2.45) is 11.7 Å². The van der Waals surface area contributed by atoms with Crippen LogP contribution in [0.1, 0.15) is 18.9 Å². The first kappa shape index (κ1) is 13.5. The van der Waals surface area contributed by atoms with Crippen molar-refractivity contribution >= 4 is 21.4 Å². The third-order valence-electron chi connectivity index (χ3n) is 3.28. The molecule has 2 rings (SSSR count). The zero-order chi connectivity index (χ0) is 12.8. The summed E-state index contributed by atoms with van der Waals surface area (Å²) in [5.74, 6) is 0.675. The minimum Gasteiger partial charge on any atom is -0.330 e. The molecule has 0 saturated carbocycles. The lowest BCUT2D eigenvalue weighted by Gasteiger charge is -2.10. The van der Waals surface area contributed by atoms with E-state index >= 15 is 0 Å². The van der Waals surface area contributed by atoms with E-state index in [4.69, 9.17) is 5.73 Å². The van der Waals surface area contributed by atoms with Gasteiger partial charge in [-0.25, -0.2) is 0 Å². The van der Waals surface area contributed by atoms with E-state index in [1.54, 1.807) is 0 Å². The third kappa shape index (κ3) is 3.55. The molecule has 2 aromatic rings. The summed E-state index contributed by atoms with van der Waals surface area (Å²) in [6, 6.07) is 8.64. The van der Waals surface area contributed by atoms with Crippen molar-refractivity contribution in [3.63, 3.8) is 0 Å². The average Bonchev–Trinajstić information content (AvgIpc) is 2.78. The Morgan fingerprint density at radius 3 is 3.00 bits per heavy atom. The smallest absolute Gasteiger partial charge is 0.0345 e. The molecule has 1 aromatic carbocycles. The lowest BCUT2D eigenvalue weighted by atomic mass is 10.1. The molecule has 2 nitrogen and oxygen atoms in total. The molecule has 0 fully saturated rings. The number of fused-ring (bicyclic) bond motifs is 1. The van der Waals surface area contributed by atoms with Crippen LogP contribution in [0.2, 0.25) is 0 Å². The summed E-state index contributed by atoms with van der Waals surface area (Å²) in [6.45, 7) is 5.16. The van der Waals surface area contributed by atoms with E-state index in [0.717, 1.165) is 32.5 Å². The van der Waals surface area contributed by atoms with Gasteiger partial charge in [0.15, 0.2) is 0 Å². The van der Waals surface area contributed by atoms with Crippen molar-refractivity contribution in [3.05, 3.63) is 35.2 Å². The largest absolute Gasteiger partial charge is 0.330 e. The zero-order valence-electron chi connectivity index (χ0n) is 11.0. The maximum atomic E-state index is 5.55. The maximum absolute atomic E-state index is 5.55. The predicted molar refractivity (Wildman–Crippen MR) is 81.2 cm³/mol. The highest BCUT2D eigenvalue weighted by molar-refractivity contribution is 7.17. The fourth-order valence-corrected chi connectivity index (χ4v) is 3.18. The van der Waals surface area contributed by atoms with Crippen molar-refractivity contribution in [2.75, 3.05) is 19.6 Å². The molecule has 3 heteroatoms. The molecule has 0 bridgehead atoms. The van der Waals surface area contributed by atoms with Crippen molar-refractivity contribution in [3.8, 4) is 0 Å². The Labute approximate surface area is 113 Å². The predicted octanol–water partition coefficient (Wildman–Crippen LogP) is 3.02. The number of nitrogens with two attached hydrogens (primary N) is 1. The first-order valence-electron chi connectivity index (χ1n) is 6.67. The SMILES string of the molecule is CC(CCN)CNCCc1csc2ccccc12. The van der Waals surface area contributed by atoms with Gasteiger partial charge in [0.05, 0.1) is 0 Å². The van der Waals surface area contributed by atoms with Gasteiger partial charge in [-0.15, -0.1) is 11.3 Å². The molecule has 1 aromatic heterocycles. The highest BCUT2D eigenvalue weighted by Gasteiger charge is 2.03. The molecular weight excluding hydrogens is 240 g/mol. The van der Waals surface area contributed by atoms with Crippen LogP contribution in [0.25, 0.3) is 10.1 Å². The third-order valence-corrected chi connectivity index (χ3v) is 4.30. The molecule has 0 saturated heterocycles. The summed E-state index contributed by atoms with van der Waals surface area (Å²) in [7, 11) is 0. The number of hydrogen-bond donors (Lipinski definition) is 2. The van der Waals surface area contributed by atoms with Crippen LogP contribution in [0, 0.1) is 5.92 Å². The Kier molecular flexibility index (Phi) is 5.17. The molecule has 0 radical (unpaired) electrons. The van der Waals surface area contributed by atoms with E-state index in [1.165, 1.54) is 15.6 Å².